The van der Waals surface area contributed by atoms with Crippen LogP contribution in [0.4, 0.5) is 18.9 Å². The minimum atomic E-state index is -4.75. The van der Waals surface area contributed by atoms with Crippen molar-refractivity contribution in [2.75, 3.05) is 0 Å². The van der Waals surface area contributed by atoms with Gasteiger partial charge in [-0.1, -0.05) is 5.21 Å². The molecule has 0 aliphatic rings. The highest BCUT2D eigenvalue weighted by Gasteiger charge is 2.30. The Bertz CT molecular complexity index is 890. The van der Waals surface area contributed by atoms with Crippen LogP contribution < -0.4 is 4.74 Å². The maximum absolute atomic E-state index is 12.1. The molecule has 2 aromatic carbocycles. The normalized spacial score (nSPS) is 11.3. The van der Waals surface area contributed by atoms with Crippen molar-refractivity contribution in [3.63, 3.8) is 0 Å². The van der Waals surface area contributed by atoms with Crippen molar-refractivity contribution in [1.82, 2.24) is 15.0 Å². The number of nitrogens with zero attached hydrogens (tertiary/aromatic N) is 4. The van der Waals surface area contributed by atoms with Crippen LogP contribution in [0.2, 0.25) is 0 Å². The van der Waals surface area contributed by atoms with Gasteiger partial charge in [0.25, 0.3) is 5.69 Å². The zero-order chi connectivity index (χ0) is 18.0. The standard InChI is InChI=1S/C15H9F3N4O3/c16-15(17,18)25-13-7-5-11(6-8-13)21-9-14(19-20-21)10-1-3-12(4-2-10)22(23)24/h1-9H. The summed E-state index contributed by atoms with van der Waals surface area (Å²) in [7, 11) is 0. The summed E-state index contributed by atoms with van der Waals surface area (Å²) in [5, 5.41) is 18.5. The quantitative estimate of drug-likeness (QED) is 0.529. The molecule has 0 saturated heterocycles. The van der Waals surface area contributed by atoms with E-state index in [1.165, 1.54) is 41.1 Å². The number of ether oxygens (including phenoxy) is 1. The Morgan fingerprint density at radius 2 is 1.68 bits per heavy atom. The maximum atomic E-state index is 12.1. The van der Waals surface area contributed by atoms with Crippen molar-refractivity contribution in [3.05, 3.63) is 64.8 Å². The summed E-state index contributed by atoms with van der Waals surface area (Å²) in [5.74, 6) is -0.341. The van der Waals surface area contributed by atoms with Gasteiger partial charge in [0.2, 0.25) is 0 Å². The van der Waals surface area contributed by atoms with E-state index in [0.717, 1.165) is 12.1 Å². The topological polar surface area (TPSA) is 83.1 Å². The summed E-state index contributed by atoms with van der Waals surface area (Å²) in [6, 6.07) is 10.9. The van der Waals surface area contributed by atoms with Crippen LogP contribution in [-0.2, 0) is 0 Å². The minimum Gasteiger partial charge on any atom is -0.406 e. The van der Waals surface area contributed by atoms with Gasteiger partial charge in [-0.05, 0) is 36.4 Å². The number of hydrogen-bond acceptors (Lipinski definition) is 5. The zero-order valence-electron chi connectivity index (χ0n) is 12.3. The van der Waals surface area contributed by atoms with E-state index in [1.807, 2.05) is 0 Å². The Morgan fingerprint density at radius 1 is 1.04 bits per heavy atom. The second-order valence-corrected chi connectivity index (χ2v) is 4.89. The van der Waals surface area contributed by atoms with E-state index in [-0.39, 0.29) is 11.4 Å². The average Bonchev–Trinajstić information content (AvgIpc) is 3.04. The van der Waals surface area contributed by atoms with Crippen molar-refractivity contribution in [2.24, 2.45) is 0 Å². The number of benzene rings is 2. The summed E-state index contributed by atoms with van der Waals surface area (Å²) >= 11 is 0. The molecule has 0 aliphatic carbocycles. The molecule has 7 nitrogen and oxygen atoms in total. The lowest BCUT2D eigenvalue weighted by atomic mass is 10.1. The lowest BCUT2D eigenvalue weighted by Crippen LogP contribution is -2.17. The van der Waals surface area contributed by atoms with E-state index in [0.29, 0.717) is 16.9 Å². The molecular weight excluding hydrogens is 341 g/mol. The Morgan fingerprint density at radius 3 is 2.24 bits per heavy atom. The maximum Gasteiger partial charge on any atom is 0.573 e. The first kappa shape index (κ1) is 16.4. The fraction of sp³-hybridized carbons (Fsp3) is 0.0667. The van der Waals surface area contributed by atoms with Crippen LogP contribution in [0.25, 0.3) is 16.9 Å². The molecule has 128 valence electrons. The number of halogens is 3. The molecule has 0 radical (unpaired) electrons. The van der Waals surface area contributed by atoms with Crippen molar-refractivity contribution in [3.8, 4) is 22.7 Å². The molecule has 0 aliphatic heterocycles. The molecular formula is C15H9F3N4O3. The molecule has 0 fully saturated rings. The molecule has 0 unspecified atom stereocenters. The lowest BCUT2D eigenvalue weighted by molar-refractivity contribution is -0.384. The van der Waals surface area contributed by atoms with Gasteiger partial charge in [0.15, 0.2) is 0 Å². The van der Waals surface area contributed by atoms with Gasteiger partial charge in [0.05, 0.1) is 16.8 Å². The van der Waals surface area contributed by atoms with Gasteiger partial charge in [-0.2, -0.15) is 0 Å². The van der Waals surface area contributed by atoms with Gasteiger partial charge < -0.3 is 4.74 Å². The van der Waals surface area contributed by atoms with Crippen molar-refractivity contribution in [1.29, 1.82) is 0 Å². The summed E-state index contributed by atoms with van der Waals surface area (Å²) in [4.78, 5) is 10.1. The predicted molar refractivity (Wildman–Crippen MR) is 80.1 cm³/mol. The Hall–Kier alpha value is -3.43. The smallest absolute Gasteiger partial charge is 0.406 e. The average molecular weight is 350 g/mol. The van der Waals surface area contributed by atoms with Crippen LogP contribution in [0.5, 0.6) is 5.75 Å². The number of non-ortho nitro benzene ring substituents is 1. The first-order chi connectivity index (χ1) is 11.8. The predicted octanol–water partition coefficient (Wildman–Crippen LogP) is 3.74. The van der Waals surface area contributed by atoms with Crippen LogP contribution >= 0.6 is 0 Å². The highest BCUT2D eigenvalue weighted by Crippen LogP contribution is 2.24. The van der Waals surface area contributed by atoms with E-state index in [1.54, 1.807) is 6.20 Å². The molecule has 0 bridgehead atoms. The number of nitro groups is 1. The van der Waals surface area contributed by atoms with Crippen LogP contribution in [0.1, 0.15) is 0 Å². The largest absolute Gasteiger partial charge is 0.573 e. The van der Waals surface area contributed by atoms with Gasteiger partial charge in [-0.15, -0.1) is 18.3 Å². The second kappa shape index (κ2) is 6.23. The van der Waals surface area contributed by atoms with Gasteiger partial charge in [0, 0.05) is 17.7 Å². The molecule has 0 saturated carbocycles. The number of aromatic nitrogens is 3. The van der Waals surface area contributed by atoms with Gasteiger partial charge in [-0.3, -0.25) is 10.1 Å². The molecule has 10 heteroatoms. The zero-order valence-corrected chi connectivity index (χ0v) is 12.3. The molecule has 3 aromatic rings. The number of rotatable bonds is 4. The third-order valence-corrected chi connectivity index (χ3v) is 3.20. The molecule has 0 spiro atoms. The van der Waals surface area contributed by atoms with E-state index >= 15 is 0 Å². The van der Waals surface area contributed by atoms with Crippen LogP contribution in [-0.4, -0.2) is 26.3 Å². The lowest BCUT2D eigenvalue weighted by Gasteiger charge is -2.08. The molecule has 1 heterocycles. The van der Waals surface area contributed by atoms with E-state index in [2.05, 4.69) is 15.0 Å². The SMILES string of the molecule is O=[N+]([O-])c1ccc(-c2cn(-c3ccc(OC(F)(F)F)cc3)nn2)cc1. The van der Waals surface area contributed by atoms with Crippen molar-refractivity contribution >= 4 is 5.69 Å². The van der Waals surface area contributed by atoms with Gasteiger partial charge in [0.1, 0.15) is 11.4 Å². The third-order valence-electron chi connectivity index (χ3n) is 3.20. The number of alkyl halides is 3. The fourth-order valence-electron chi connectivity index (χ4n) is 2.08. The molecule has 0 atom stereocenters. The molecule has 0 amide bonds. The van der Waals surface area contributed by atoms with E-state index < -0.39 is 11.3 Å². The first-order valence-electron chi connectivity index (χ1n) is 6.85. The van der Waals surface area contributed by atoms with Gasteiger partial charge in [-0.25, -0.2) is 4.68 Å². The monoisotopic (exact) mass is 350 g/mol. The third kappa shape index (κ3) is 3.91. The van der Waals surface area contributed by atoms with Crippen molar-refractivity contribution < 1.29 is 22.8 Å². The summed E-state index contributed by atoms with van der Waals surface area (Å²) < 4.78 is 41.6. The summed E-state index contributed by atoms with van der Waals surface area (Å²) in [5.41, 5.74) is 1.52. The van der Waals surface area contributed by atoms with Crippen LogP contribution in [0, 0.1) is 10.1 Å². The van der Waals surface area contributed by atoms with E-state index in [4.69, 9.17) is 0 Å². The number of hydrogen-bond donors (Lipinski definition) is 0. The van der Waals surface area contributed by atoms with Gasteiger partial charge >= 0.3 is 6.36 Å². The van der Waals surface area contributed by atoms with Crippen LogP contribution in [0.15, 0.2) is 54.7 Å². The summed E-state index contributed by atoms with van der Waals surface area (Å²) in [6.07, 6.45) is -3.20. The molecule has 3 rings (SSSR count). The number of nitro benzene ring substituents is 1. The highest BCUT2D eigenvalue weighted by molar-refractivity contribution is 5.60. The fourth-order valence-corrected chi connectivity index (χ4v) is 2.08. The molecule has 0 N–H and O–H groups in total. The Balaban J connectivity index is 1.80. The van der Waals surface area contributed by atoms with Crippen molar-refractivity contribution in [2.45, 2.75) is 6.36 Å². The highest BCUT2D eigenvalue weighted by atomic mass is 19.4. The minimum absolute atomic E-state index is 0.0450. The second-order valence-electron chi connectivity index (χ2n) is 4.89. The molecule has 25 heavy (non-hydrogen) atoms. The van der Waals surface area contributed by atoms with Crippen LogP contribution in [0.3, 0.4) is 0 Å². The Labute approximate surface area is 138 Å². The summed E-state index contributed by atoms with van der Waals surface area (Å²) in [6.45, 7) is 0. The Kier molecular flexibility index (Phi) is 4.09. The first-order valence-corrected chi connectivity index (χ1v) is 6.85. The molecule has 1 aromatic heterocycles. The van der Waals surface area contributed by atoms with E-state index in [9.17, 15) is 23.3 Å².